The van der Waals surface area contributed by atoms with Gasteiger partial charge in [0.25, 0.3) is 0 Å². The molecule has 8 heteroatoms. The van der Waals surface area contributed by atoms with Crippen LogP contribution in [0.15, 0.2) is 52.2 Å². The number of carbonyl (C=O) groups excluding carboxylic acids is 1. The molecule has 2 N–H and O–H groups in total. The number of phenolic OH excluding ortho intramolecular Hbond substituents is 1. The Morgan fingerprint density at radius 2 is 1.97 bits per heavy atom. The smallest absolute Gasteiger partial charge is 0.230 e. The van der Waals surface area contributed by atoms with Gasteiger partial charge in [-0.05, 0) is 49.2 Å². The zero-order valence-corrected chi connectivity index (χ0v) is 16.9. The highest BCUT2D eigenvalue weighted by Crippen LogP contribution is 2.26. The van der Waals surface area contributed by atoms with E-state index in [4.69, 9.17) is 4.42 Å². The summed E-state index contributed by atoms with van der Waals surface area (Å²) in [6.45, 7) is 0.461. The van der Waals surface area contributed by atoms with Gasteiger partial charge in [-0.15, -0.1) is 10.2 Å². The maximum atomic E-state index is 12.4. The Hall–Kier alpha value is -2.74. The monoisotopic (exact) mass is 412 g/mol. The van der Waals surface area contributed by atoms with Crippen molar-refractivity contribution in [2.24, 2.45) is 0 Å². The third-order valence-corrected chi connectivity index (χ3v) is 6.01. The van der Waals surface area contributed by atoms with Crippen LogP contribution < -0.4 is 5.32 Å². The normalized spacial score (nSPS) is 14.8. The lowest BCUT2D eigenvalue weighted by atomic mass is 9.95. The summed E-state index contributed by atoms with van der Waals surface area (Å²) in [4.78, 5) is 12.4. The molecule has 0 saturated heterocycles. The molecule has 2 heterocycles. The fourth-order valence-corrected chi connectivity index (χ4v) is 4.32. The fourth-order valence-electron chi connectivity index (χ4n) is 3.57. The van der Waals surface area contributed by atoms with E-state index in [0.29, 0.717) is 29.3 Å². The van der Waals surface area contributed by atoms with Gasteiger partial charge in [0.2, 0.25) is 5.91 Å². The highest BCUT2D eigenvalue weighted by molar-refractivity contribution is 7.99. The van der Waals surface area contributed by atoms with Crippen molar-refractivity contribution in [3.8, 4) is 17.1 Å². The molecule has 0 radical (unpaired) electrons. The zero-order valence-electron chi connectivity index (χ0n) is 16.1. The largest absolute Gasteiger partial charge is 0.508 e. The van der Waals surface area contributed by atoms with Crippen molar-refractivity contribution in [3.05, 3.63) is 48.4 Å². The SMILES string of the molecule is O=C(CSc1nnc(-c2ccc(O)cc2)n1Cc1ccco1)NC1CCCCC1. The summed E-state index contributed by atoms with van der Waals surface area (Å²) in [6.07, 6.45) is 7.39. The van der Waals surface area contributed by atoms with Gasteiger partial charge >= 0.3 is 0 Å². The number of hydrogen-bond donors (Lipinski definition) is 2. The third-order valence-electron chi connectivity index (χ3n) is 5.04. The van der Waals surface area contributed by atoms with Crippen LogP contribution in [-0.2, 0) is 11.3 Å². The summed E-state index contributed by atoms with van der Waals surface area (Å²) < 4.78 is 7.43. The van der Waals surface area contributed by atoms with E-state index in [2.05, 4.69) is 15.5 Å². The van der Waals surface area contributed by atoms with Gasteiger partial charge in [-0.25, -0.2) is 0 Å². The molecule has 1 fully saturated rings. The van der Waals surface area contributed by atoms with E-state index in [1.807, 2.05) is 16.7 Å². The van der Waals surface area contributed by atoms with Gasteiger partial charge in [-0.3, -0.25) is 9.36 Å². The van der Waals surface area contributed by atoms with Crippen LogP contribution in [0.25, 0.3) is 11.4 Å². The Bertz CT molecular complexity index is 932. The number of thioether (sulfide) groups is 1. The van der Waals surface area contributed by atoms with Crippen LogP contribution in [0.4, 0.5) is 0 Å². The summed E-state index contributed by atoms with van der Waals surface area (Å²) in [7, 11) is 0. The average Bonchev–Trinajstić information content (AvgIpc) is 3.38. The van der Waals surface area contributed by atoms with E-state index < -0.39 is 0 Å². The van der Waals surface area contributed by atoms with Gasteiger partial charge in [0.05, 0.1) is 18.6 Å². The quantitative estimate of drug-likeness (QED) is 0.573. The van der Waals surface area contributed by atoms with E-state index in [1.165, 1.54) is 31.0 Å². The molecule has 0 spiro atoms. The Morgan fingerprint density at radius 3 is 2.69 bits per heavy atom. The van der Waals surface area contributed by atoms with Crippen molar-refractivity contribution in [1.29, 1.82) is 0 Å². The molecule has 2 aromatic heterocycles. The van der Waals surface area contributed by atoms with Crippen molar-refractivity contribution in [2.75, 3.05) is 5.75 Å². The van der Waals surface area contributed by atoms with Gasteiger partial charge in [-0.2, -0.15) is 0 Å². The minimum atomic E-state index is 0.0284. The number of phenols is 1. The highest BCUT2D eigenvalue weighted by atomic mass is 32.2. The number of furan rings is 1. The molecule has 0 unspecified atom stereocenters. The minimum absolute atomic E-state index is 0.0284. The van der Waals surface area contributed by atoms with Gasteiger partial charge in [0, 0.05) is 11.6 Å². The third kappa shape index (κ3) is 5.00. The maximum Gasteiger partial charge on any atom is 0.230 e. The van der Waals surface area contributed by atoms with Crippen molar-refractivity contribution in [3.63, 3.8) is 0 Å². The van der Waals surface area contributed by atoms with E-state index in [9.17, 15) is 9.90 Å². The number of benzene rings is 1. The summed E-state index contributed by atoms with van der Waals surface area (Å²) >= 11 is 1.37. The molecule has 0 aliphatic heterocycles. The lowest BCUT2D eigenvalue weighted by Gasteiger charge is -2.22. The first-order valence-electron chi connectivity index (χ1n) is 9.86. The van der Waals surface area contributed by atoms with Crippen molar-refractivity contribution >= 4 is 17.7 Å². The predicted molar refractivity (Wildman–Crippen MR) is 111 cm³/mol. The molecule has 1 amide bonds. The summed E-state index contributed by atoms with van der Waals surface area (Å²) in [6, 6.07) is 10.8. The van der Waals surface area contributed by atoms with Gasteiger partial charge in [-0.1, -0.05) is 31.0 Å². The number of aromatic hydroxyl groups is 1. The zero-order chi connectivity index (χ0) is 20.1. The molecule has 4 rings (SSSR count). The molecule has 7 nitrogen and oxygen atoms in total. The maximum absolute atomic E-state index is 12.4. The molecule has 3 aromatic rings. The van der Waals surface area contributed by atoms with Crippen LogP contribution in [0.5, 0.6) is 5.75 Å². The van der Waals surface area contributed by atoms with Crippen LogP contribution in [0, 0.1) is 0 Å². The molecule has 0 atom stereocenters. The van der Waals surface area contributed by atoms with Crippen LogP contribution >= 0.6 is 11.8 Å². The molecule has 0 bridgehead atoms. The summed E-state index contributed by atoms with van der Waals surface area (Å²) in [5, 5.41) is 22.0. The molecular formula is C21H24N4O3S. The van der Waals surface area contributed by atoms with Crippen LogP contribution in [0.2, 0.25) is 0 Å². The average molecular weight is 413 g/mol. The van der Waals surface area contributed by atoms with Crippen molar-refractivity contribution < 1.29 is 14.3 Å². The first-order valence-corrected chi connectivity index (χ1v) is 10.8. The number of amides is 1. The molecule has 29 heavy (non-hydrogen) atoms. The second kappa shape index (κ2) is 9.17. The van der Waals surface area contributed by atoms with E-state index in [-0.39, 0.29) is 11.7 Å². The Labute approximate surface area is 173 Å². The lowest BCUT2D eigenvalue weighted by molar-refractivity contribution is -0.119. The van der Waals surface area contributed by atoms with Crippen molar-refractivity contribution in [2.45, 2.75) is 49.8 Å². The second-order valence-electron chi connectivity index (χ2n) is 7.21. The number of hydrogen-bond acceptors (Lipinski definition) is 6. The van der Waals surface area contributed by atoms with E-state index >= 15 is 0 Å². The van der Waals surface area contributed by atoms with Gasteiger partial charge in [0.15, 0.2) is 11.0 Å². The van der Waals surface area contributed by atoms with Crippen molar-refractivity contribution in [1.82, 2.24) is 20.1 Å². The number of carbonyl (C=O) groups is 1. The van der Waals surface area contributed by atoms with Crippen LogP contribution in [-0.4, -0.2) is 37.6 Å². The lowest BCUT2D eigenvalue weighted by Crippen LogP contribution is -2.37. The van der Waals surface area contributed by atoms with E-state index in [1.54, 1.807) is 30.5 Å². The highest BCUT2D eigenvalue weighted by Gasteiger charge is 2.19. The minimum Gasteiger partial charge on any atom is -0.508 e. The topological polar surface area (TPSA) is 93.2 Å². The van der Waals surface area contributed by atoms with Gasteiger partial charge < -0.3 is 14.8 Å². The Balaban J connectivity index is 1.49. The molecular weight excluding hydrogens is 388 g/mol. The van der Waals surface area contributed by atoms with E-state index in [0.717, 1.165) is 24.2 Å². The molecule has 152 valence electrons. The molecule has 1 aliphatic rings. The van der Waals surface area contributed by atoms with Crippen LogP contribution in [0.1, 0.15) is 37.9 Å². The molecule has 1 saturated carbocycles. The number of nitrogens with one attached hydrogen (secondary N) is 1. The first kappa shape index (κ1) is 19.6. The van der Waals surface area contributed by atoms with Crippen LogP contribution in [0.3, 0.4) is 0 Å². The first-order chi connectivity index (χ1) is 14.2. The summed E-state index contributed by atoms with van der Waals surface area (Å²) in [5.74, 6) is 1.96. The molecule has 1 aromatic carbocycles. The Kier molecular flexibility index (Phi) is 6.19. The number of rotatable bonds is 7. The fraction of sp³-hybridized carbons (Fsp3) is 0.381. The number of nitrogens with zero attached hydrogens (tertiary/aromatic N) is 3. The predicted octanol–water partition coefficient (Wildman–Crippen LogP) is 3.83. The Morgan fingerprint density at radius 1 is 1.17 bits per heavy atom. The second-order valence-corrected chi connectivity index (χ2v) is 8.15. The standard InChI is InChI=1S/C21H24N4O3S/c26-17-10-8-15(9-11-17)20-23-24-21(25(20)13-18-7-4-12-28-18)29-14-19(27)22-16-5-2-1-3-6-16/h4,7-12,16,26H,1-3,5-6,13-14H2,(H,22,27). The molecule has 1 aliphatic carbocycles. The summed E-state index contributed by atoms with van der Waals surface area (Å²) in [5.41, 5.74) is 0.834. The van der Waals surface area contributed by atoms with Gasteiger partial charge in [0.1, 0.15) is 11.5 Å². The number of aromatic nitrogens is 3.